The number of esters is 2. The molecule has 0 aliphatic rings. The van der Waals surface area contributed by atoms with Crippen molar-refractivity contribution >= 4 is 11.9 Å². The molecule has 1 atom stereocenters. The van der Waals surface area contributed by atoms with Crippen LogP contribution in [0.25, 0.3) is 0 Å². The van der Waals surface area contributed by atoms with Gasteiger partial charge in [0.05, 0.1) is 6.61 Å². The number of allylic oxidation sites excluding steroid dienone is 2. The average molecular weight is 876 g/mol. The number of carbonyl (C=O) groups is 2. The van der Waals surface area contributed by atoms with Crippen LogP contribution in [0.3, 0.4) is 0 Å². The van der Waals surface area contributed by atoms with Gasteiger partial charge in [-0.05, 0) is 44.9 Å². The van der Waals surface area contributed by atoms with Crippen LogP contribution in [-0.2, 0) is 23.8 Å². The molecular weight excluding hydrogens is 765 g/mol. The van der Waals surface area contributed by atoms with Gasteiger partial charge in [0.15, 0.2) is 6.10 Å². The average Bonchev–Trinajstić information content (AvgIpc) is 3.27. The summed E-state index contributed by atoms with van der Waals surface area (Å²) in [5.41, 5.74) is 0. The van der Waals surface area contributed by atoms with Gasteiger partial charge in [0.1, 0.15) is 6.61 Å². The van der Waals surface area contributed by atoms with Crippen LogP contribution >= 0.6 is 0 Å². The van der Waals surface area contributed by atoms with Crippen LogP contribution in [0, 0.1) is 0 Å². The Hall–Kier alpha value is -1.36. The summed E-state index contributed by atoms with van der Waals surface area (Å²) in [6, 6.07) is 0. The summed E-state index contributed by atoms with van der Waals surface area (Å²) < 4.78 is 17.5. The highest BCUT2D eigenvalue weighted by atomic mass is 16.6. The molecule has 0 aromatic carbocycles. The van der Waals surface area contributed by atoms with Gasteiger partial charge in [0, 0.05) is 19.4 Å². The molecule has 0 fully saturated rings. The maximum absolute atomic E-state index is 12.8. The normalized spacial score (nSPS) is 12.1. The van der Waals surface area contributed by atoms with E-state index >= 15 is 0 Å². The van der Waals surface area contributed by atoms with E-state index in [2.05, 4.69) is 32.9 Å². The molecule has 0 amide bonds. The Morgan fingerprint density at radius 1 is 0.339 bits per heavy atom. The Bertz CT molecular complexity index is 902. The van der Waals surface area contributed by atoms with E-state index < -0.39 is 6.10 Å². The minimum atomic E-state index is -0.528. The molecule has 1 unspecified atom stereocenters. The maximum atomic E-state index is 12.8. The SMILES string of the molecule is CCCCCCCC/C=C\CCCCCCCCCC(=O)OCC(COCCCCCCCCCCCCCC)OC(=O)CCCCCCCCCCCCCCCCCCC. The van der Waals surface area contributed by atoms with Crippen molar-refractivity contribution in [1.82, 2.24) is 0 Å². The minimum Gasteiger partial charge on any atom is -0.462 e. The first-order valence-corrected chi connectivity index (χ1v) is 28.2. The lowest BCUT2D eigenvalue weighted by atomic mass is 10.0. The van der Waals surface area contributed by atoms with Gasteiger partial charge in [-0.1, -0.05) is 270 Å². The molecule has 0 radical (unpaired) electrons. The summed E-state index contributed by atoms with van der Waals surface area (Å²) in [7, 11) is 0. The fourth-order valence-corrected chi connectivity index (χ4v) is 8.57. The first-order valence-electron chi connectivity index (χ1n) is 28.2. The summed E-state index contributed by atoms with van der Waals surface area (Å²) in [6.45, 7) is 7.90. The number of ether oxygens (including phenoxy) is 3. The molecule has 0 aliphatic heterocycles. The van der Waals surface area contributed by atoms with Crippen molar-refractivity contribution in [3.8, 4) is 0 Å². The number of unbranched alkanes of at least 4 members (excludes halogenated alkanes) is 40. The van der Waals surface area contributed by atoms with Crippen molar-refractivity contribution in [1.29, 1.82) is 0 Å². The zero-order chi connectivity index (χ0) is 44.9. The second-order valence-electron chi connectivity index (χ2n) is 19.2. The molecule has 0 rings (SSSR count). The summed E-state index contributed by atoms with van der Waals surface area (Å²) in [6.07, 6.45) is 62.2. The van der Waals surface area contributed by atoms with Gasteiger partial charge in [-0.2, -0.15) is 0 Å². The minimum absolute atomic E-state index is 0.0927. The molecule has 0 aromatic heterocycles. The topological polar surface area (TPSA) is 61.8 Å². The molecular formula is C57H110O5. The van der Waals surface area contributed by atoms with Crippen molar-refractivity contribution in [2.45, 2.75) is 322 Å². The smallest absolute Gasteiger partial charge is 0.306 e. The van der Waals surface area contributed by atoms with Gasteiger partial charge in [-0.25, -0.2) is 0 Å². The third-order valence-corrected chi connectivity index (χ3v) is 12.8. The van der Waals surface area contributed by atoms with Crippen LogP contribution in [0.2, 0.25) is 0 Å². The predicted octanol–water partition coefficient (Wildman–Crippen LogP) is 19.0. The molecule has 5 heteroatoms. The molecule has 0 spiro atoms. The molecule has 0 aromatic rings. The summed E-state index contributed by atoms with van der Waals surface area (Å²) in [4.78, 5) is 25.5. The molecule has 0 heterocycles. The van der Waals surface area contributed by atoms with Crippen molar-refractivity contribution in [2.24, 2.45) is 0 Å². The van der Waals surface area contributed by atoms with Gasteiger partial charge in [0.25, 0.3) is 0 Å². The van der Waals surface area contributed by atoms with Crippen LogP contribution in [0.1, 0.15) is 316 Å². The standard InChI is InChI=1S/C57H110O5/c1-4-7-10-13-16-19-22-25-27-29-31-33-35-38-41-44-47-50-56(58)61-54-55(53-60-52-49-46-43-40-37-24-21-18-15-12-9-6-3)62-57(59)51-48-45-42-39-36-34-32-30-28-26-23-20-17-14-11-8-5-2/h25,27,55H,4-24,26,28-54H2,1-3H3/b27-25-. The second kappa shape index (κ2) is 54.0. The lowest BCUT2D eigenvalue weighted by Gasteiger charge is -2.18. The highest BCUT2D eigenvalue weighted by molar-refractivity contribution is 5.70. The number of hydrogen-bond acceptors (Lipinski definition) is 5. The van der Waals surface area contributed by atoms with Gasteiger partial charge in [-0.3, -0.25) is 9.59 Å². The summed E-state index contributed by atoms with van der Waals surface area (Å²) in [5.74, 6) is -0.377. The first kappa shape index (κ1) is 60.6. The number of rotatable bonds is 53. The van der Waals surface area contributed by atoms with E-state index in [4.69, 9.17) is 14.2 Å². The molecule has 62 heavy (non-hydrogen) atoms. The molecule has 0 aliphatic carbocycles. The van der Waals surface area contributed by atoms with Crippen LogP contribution < -0.4 is 0 Å². The Morgan fingerprint density at radius 3 is 0.984 bits per heavy atom. The van der Waals surface area contributed by atoms with Crippen molar-refractivity contribution in [2.75, 3.05) is 19.8 Å². The third-order valence-electron chi connectivity index (χ3n) is 12.8. The Morgan fingerprint density at radius 2 is 0.629 bits per heavy atom. The van der Waals surface area contributed by atoms with Crippen molar-refractivity contribution < 1.29 is 23.8 Å². The highest BCUT2D eigenvalue weighted by Gasteiger charge is 2.17. The van der Waals surface area contributed by atoms with Crippen LogP contribution in [0.5, 0.6) is 0 Å². The van der Waals surface area contributed by atoms with Gasteiger partial charge in [-0.15, -0.1) is 0 Å². The van der Waals surface area contributed by atoms with E-state index in [1.165, 1.54) is 250 Å². The summed E-state index contributed by atoms with van der Waals surface area (Å²) in [5, 5.41) is 0. The maximum Gasteiger partial charge on any atom is 0.306 e. The van der Waals surface area contributed by atoms with E-state index in [1.54, 1.807) is 0 Å². The van der Waals surface area contributed by atoms with Crippen LogP contribution in [0.15, 0.2) is 12.2 Å². The number of hydrogen-bond donors (Lipinski definition) is 0. The molecule has 0 bridgehead atoms. The van der Waals surface area contributed by atoms with Gasteiger partial charge in [0.2, 0.25) is 0 Å². The molecule has 0 N–H and O–H groups in total. The zero-order valence-corrected chi connectivity index (χ0v) is 42.4. The van der Waals surface area contributed by atoms with E-state index in [0.717, 1.165) is 32.1 Å². The second-order valence-corrected chi connectivity index (χ2v) is 19.2. The molecule has 368 valence electrons. The molecule has 0 saturated carbocycles. The van der Waals surface area contributed by atoms with Gasteiger partial charge < -0.3 is 14.2 Å². The van der Waals surface area contributed by atoms with Crippen LogP contribution in [-0.4, -0.2) is 37.9 Å². The van der Waals surface area contributed by atoms with E-state index in [-0.39, 0.29) is 18.5 Å². The quantitative estimate of drug-likeness (QED) is 0.0346. The Balaban J connectivity index is 4.18. The van der Waals surface area contributed by atoms with E-state index in [0.29, 0.717) is 26.1 Å². The lowest BCUT2D eigenvalue weighted by Crippen LogP contribution is -2.30. The fourth-order valence-electron chi connectivity index (χ4n) is 8.57. The van der Waals surface area contributed by atoms with Crippen LogP contribution in [0.4, 0.5) is 0 Å². The first-order chi connectivity index (χ1) is 30.6. The Kier molecular flexibility index (Phi) is 52.8. The van der Waals surface area contributed by atoms with Crippen molar-refractivity contribution in [3.05, 3.63) is 12.2 Å². The third kappa shape index (κ3) is 51.3. The fraction of sp³-hybridized carbons (Fsp3) is 0.930. The van der Waals surface area contributed by atoms with Crippen molar-refractivity contribution in [3.63, 3.8) is 0 Å². The van der Waals surface area contributed by atoms with E-state index in [9.17, 15) is 9.59 Å². The molecule has 0 saturated heterocycles. The highest BCUT2D eigenvalue weighted by Crippen LogP contribution is 2.17. The lowest BCUT2D eigenvalue weighted by molar-refractivity contribution is -0.163. The van der Waals surface area contributed by atoms with E-state index in [1.807, 2.05) is 0 Å². The molecule has 5 nitrogen and oxygen atoms in total. The largest absolute Gasteiger partial charge is 0.462 e. The zero-order valence-electron chi connectivity index (χ0n) is 42.4. The monoisotopic (exact) mass is 875 g/mol. The van der Waals surface area contributed by atoms with Gasteiger partial charge >= 0.3 is 11.9 Å². The predicted molar refractivity (Wildman–Crippen MR) is 270 cm³/mol. The summed E-state index contributed by atoms with van der Waals surface area (Å²) >= 11 is 0. The Labute approximate surface area is 388 Å². The number of carbonyl (C=O) groups excluding carboxylic acids is 2.